The zero-order valence-electron chi connectivity index (χ0n) is 12.7. The quantitative estimate of drug-likeness (QED) is 0.599. The Bertz CT molecular complexity index is 617. The Kier molecular flexibility index (Phi) is 6.64. The van der Waals surface area contributed by atoms with Gasteiger partial charge in [0.05, 0.1) is 16.8 Å². The van der Waals surface area contributed by atoms with Crippen LogP contribution in [0, 0.1) is 3.57 Å². The molecular formula is C17H19ClINO2. The molecule has 0 atom stereocenters. The van der Waals surface area contributed by atoms with Crippen molar-refractivity contribution in [3.05, 3.63) is 50.6 Å². The van der Waals surface area contributed by atoms with Gasteiger partial charge in [0.15, 0.2) is 11.5 Å². The molecule has 0 saturated carbocycles. The first kappa shape index (κ1) is 17.2. The Labute approximate surface area is 150 Å². The molecule has 0 spiro atoms. The third kappa shape index (κ3) is 4.68. The number of anilines is 1. The Morgan fingerprint density at radius 2 is 1.73 bits per heavy atom. The summed E-state index contributed by atoms with van der Waals surface area (Å²) < 4.78 is 12.4. The third-order valence-corrected chi connectivity index (χ3v) is 4.05. The molecular weight excluding hydrogens is 413 g/mol. The van der Waals surface area contributed by atoms with Crippen molar-refractivity contribution in [1.82, 2.24) is 0 Å². The Balaban J connectivity index is 2.15. The molecule has 0 heterocycles. The van der Waals surface area contributed by atoms with E-state index in [-0.39, 0.29) is 0 Å². The summed E-state index contributed by atoms with van der Waals surface area (Å²) in [6.45, 7) is 5.90. The summed E-state index contributed by atoms with van der Waals surface area (Å²) in [6.07, 6.45) is 0. The number of benzene rings is 2. The van der Waals surface area contributed by atoms with Gasteiger partial charge in [-0.2, -0.15) is 0 Å². The van der Waals surface area contributed by atoms with Crippen LogP contribution in [-0.4, -0.2) is 13.2 Å². The highest BCUT2D eigenvalue weighted by molar-refractivity contribution is 14.1. The molecule has 0 bridgehead atoms. The van der Waals surface area contributed by atoms with Crippen molar-refractivity contribution < 1.29 is 9.47 Å². The normalized spacial score (nSPS) is 10.4. The van der Waals surface area contributed by atoms with Crippen LogP contribution in [0.5, 0.6) is 11.5 Å². The van der Waals surface area contributed by atoms with E-state index in [4.69, 9.17) is 21.1 Å². The van der Waals surface area contributed by atoms with Crippen molar-refractivity contribution in [3.8, 4) is 11.5 Å². The van der Waals surface area contributed by atoms with Gasteiger partial charge in [0.25, 0.3) is 0 Å². The van der Waals surface area contributed by atoms with Gasteiger partial charge in [-0.25, -0.2) is 0 Å². The molecule has 0 aromatic heterocycles. The number of rotatable bonds is 7. The summed E-state index contributed by atoms with van der Waals surface area (Å²) in [6, 6.07) is 11.8. The van der Waals surface area contributed by atoms with Gasteiger partial charge in [0, 0.05) is 17.3 Å². The largest absolute Gasteiger partial charge is 0.490 e. The van der Waals surface area contributed by atoms with Gasteiger partial charge in [0.2, 0.25) is 0 Å². The lowest BCUT2D eigenvalue weighted by molar-refractivity contribution is 0.286. The van der Waals surface area contributed by atoms with Crippen LogP contribution in [0.4, 0.5) is 5.69 Å². The van der Waals surface area contributed by atoms with Crippen molar-refractivity contribution in [3.63, 3.8) is 0 Å². The first-order valence-electron chi connectivity index (χ1n) is 7.21. The van der Waals surface area contributed by atoms with Crippen molar-refractivity contribution in [2.24, 2.45) is 0 Å². The van der Waals surface area contributed by atoms with Crippen molar-refractivity contribution in [2.75, 3.05) is 18.5 Å². The SMILES string of the molecule is CCOc1cc(CNc2ccc(Cl)cc2)cc(I)c1OCC. The van der Waals surface area contributed by atoms with Crippen LogP contribution >= 0.6 is 34.2 Å². The molecule has 0 aliphatic heterocycles. The molecule has 1 N–H and O–H groups in total. The summed E-state index contributed by atoms with van der Waals surface area (Å²) in [7, 11) is 0. The topological polar surface area (TPSA) is 30.5 Å². The Morgan fingerprint density at radius 1 is 1.05 bits per heavy atom. The van der Waals surface area contributed by atoms with Crippen LogP contribution in [0.15, 0.2) is 36.4 Å². The first-order valence-corrected chi connectivity index (χ1v) is 8.67. The van der Waals surface area contributed by atoms with E-state index in [2.05, 4.69) is 34.0 Å². The zero-order chi connectivity index (χ0) is 15.9. The highest BCUT2D eigenvalue weighted by atomic mass is 127. The lowest BCUT2D eigenvalue weighted by Gasteiger charge is -2.15. The summed E-state index contributed by atoms with van der Waals surface area (Å²) >= 11 is 8.18. The lowest BCUT2D eigenvalue weighted by Crippen LogP contribution is -2.04. The average Bonchev–Trinajstić information content (AvgIpc) is 2.50. The third-order valence-electron chi connectivity index (χ3n) is 3.00. The predicted octanol–water partition coefficient (Wildman–Crippen LogP) is 5.35. The van der Waals surface area contributed by atoms with Gasteiger partial charge in [0.1, 0.15) is 0 Å². The van der Waals surface area contributed by atoms with E-state index >= 15 is 0 Å². The van der Waals surface area contributed by atoms with E-state index in [1.54, 1.807) is 0 Å². The molecule has 22 heavy (non-hydrogen) atoms. The van der Waals surface area contributed by atoms with Crippen LogP contribution in [0.1, 0.15) is 19.4 Å². The molecule has 0 fully saturated rings. The smallest absolute Gasteiger partial charge is 0.174 e. The second-order valence-corrected chi connectivity index (χ2v) is 6.23. The van der Waals surface area contributed by atoms with Gasteiger partial charge in [-0.15, -0.1) is 0 Å². The van der Waals surface area contributed by atoms with Gasteiger partial charge in [-0.3, -0.25) is 0 Å². The van der Waals surface area contributed by atoms with Gasteiger partial charge >= 0.3 is 0 Å². The summed E-state index contributed by atoms with van der Waals surface area (Å²) in [5.74, 6) is 1.62. The Hall–Kier alpha value is -1.14. The van der Waals surface area contributed by atoms with E-state index in [0.717, 1.165) is 31.3 Å². The van der Waals surface area contributed by atoms with E-state index in [9.17, 15) is 0 Å². The maximum Gasteiger partial charge on any atom is 0.174 e. The maximum absolute atomic E-state index is 5.89. The molecule has 0 radical (unpaired) electrons. The molecule has 118 valence electrons. The van der Waals surface area contributed by atoms with Crippen molar-refractivity contribution in [1.29, 1.82) is 0 Å². The molecule has 2 aromatic rings. The first-order chi connectivity index (χ1) is 10.6. The number of nitrogens with one attached hydrogen (secondary N) is 1. The molecule has 0 amide bonds. The molecule has 2 rings (SSSR count). The van der Waals surface area contributed by atoms with Crippen LogP contribution in [0.25, 0.3) is 0 Å². The summed E-state index contributed by atoms with van der Waals surface area (Å²) in [5, 5.41) is 4.11. The molecule has 0 saturated heterocycles. The summed E-state index contributed by atoms with van der Waals surface area (Å²) in [5.41, 5.74) is 2.18. The second kappa shape index (κ2) is 8.48. The molecule has 2 aromatic carbocycles. The summed E-state index contributed by atoms with van der Waals surface area (Å²) in [4.78, 5) is 0. The minimum atomic E-state index is 0.615. The molecule has 5 heteroatoms. The van der Waals surface area contributed by atoms with E-state index in [0.29, 0.717) is 19.8 Å². The minimum Gasteiger partial charge on any atom is -0.490 e. The fraction of sp³-hybridized carbons (Fsp3) is 0.294. The molecule has 0 aliphatic rings. The van der Waals surface area contributed by atoms with Crippen LogP contribution < -0.4 is 14.8 Å². The van der Waals surface area contributed by atoms with Crippen molar-refractivity contribution in [2.45, 2.75) is 20.4 Å². The van der Waals surface area contributed by atoms with Crippen molar-refractivity contribution >= 4 is 39.9 Å². The molecule has 0 unspecified atom stereocenters. The Morgan fingerprint density at radius 3 is 2.36 bits per heavy atom. The molecule has 0 aliphatic carbocycles. The fourth-order valence-electron chi connectivity index (χ4n) is 2.04. The predicted molar refractivity (Wildman–Crippen MR) is 100 cm³/mol. The number of hydrogen-bond acceptors (Lipinski definition) is 3. The average molecular weight is 432 g/mol. The fourth-order valence-corrected chi connectivity index (χ4v) is 2.99. The monoisotopic (exact) mass is 431 g/mol. The number of halogens is 2. The standard InChI is InChI=1S/C17H19ClINO2/c1-3-21-16-10-12(9-15(19)17(16)22-4-2)11-20-14-7-5-13(18)6-8-14/h5-10,20H,3-4,11H2,1-2H3. The van der Waals surface area contributed by atoms with E-state index in [1.165, 1.54) is 0 Å². The van der Waals surface area contributed by atoms with Gasteiger partial charge in [-0.1, -0.05) is 11.6 Å². The highest BCUT2D eigenvalue weighted by Gasteiger charge is 2.11. The van der Waals surface area contributed by atoms with Crippen LogP contribution in [0.3, 0.4) is 0 Å². The van der Waals surface area contributed by atoms with E-state index < -0.39 is 0 Å². The van der Waals surface area contributed by atoms with Crippen LogP contribution in [0.2, 0.25) is 5.02 Å². The number of hydrogen-bond donors (Lipinski definition) is 1. The highest BCUT2D eigenvalue weighted by Crippen LogP contribution is 2.34. The van der Waals surface area contributed by atoms with Gasteiger partial charge < -0.3 is 14.8 Å². The number of ether oxygens (including phenoxy) is 2. The van der Waals surface area contributed by atoms with Crippen LogP contribution in [-0.2, 0) is 6.54 Å². The second-order valence-electron chi connectivity index (χ2n) is 4.63. The van der Waals surface area contributed by atoms with E-state index in [1.807, 2.05) is 44.2 Å². The van der Waals surface area contributed by atoms with Gasteiger partial charge in [-0.05, 0) is 78.4 Å². The maximum atomic E-state index is 5.89. The minimum absolute atomic E-state index is 0.615. The molecule has 3 nitrogen and oxygen atoms in total. The zero-order valence-corrected chi connectivity index (χ0v) is 15.6. The lowest BCUT2D eigenvalue weighted by atomic mass is 10.2.